The molecule has 0 atom stereocenters. The number of carboxylic acid groups (broad SMARTS) is 1. The van der Waals surface area contributed by atoms with Crippen LogP contribution < -0.4 is 5.32 Å². The molecule has 0 aliphatic rings. The maximum atomic E-state index is 12.7. The van der Waals surface area contributed by atoms with Crippen molar-refractivity contribution < 1.29 is 19.1 Å². The molecule has 0 aliphatic heterocycles. The Morgan fingerprint density at radius 1 is 1.35 bits per heavy atom. The molecule has 104 valence electrons. The summed E-state index contributed by atoms with van der Waals surface area (Å²) in [5.41, 5.74) is 0.378. The predicted molar refractivity (Wildman–Crippen MR) is 69.0 cm³/mol. The summed E-state index contributed by atoms with van der Waals surface area (Å²) in [4.78, 5) is 26.7. The first kappa shape index (κ1) is 13.7. The molecule has 0 aliphatic carbocycles. The minimum absolute atomic E-state index is 0.0586. The molecule has 0 spiro atoms. The van der Waals surface area contributed by atoms with Crippen molar-refractivity contribution >= 4 is 17.6 Å². The third-order valence-electron chi connectivity index (χ3n) is 2.70. The number of aromatic carboxylic acids is 1. The molecule has 7 heteroatoms. The van der Waals surface area contributed by atoms with Crippen molar-refractivity contribution in [3.05, 3.63) is 47.8 Å². The fourth-order valence-electron chi connectivity index (χ4n) is 1.72. The van der Waals surface area contributed by atoms with Crippen molar-refractivity contribution in [1.82, 2.24) is 9.55 Å². The average Bonchev–Trinajstić information content (AvgIpc) is 2.74. The second kappa shape index (κ2) is 5.52. The fraction of sp³-hybridized carbons (Fsp3) is 0.154. The normalized spacial score (nSPS) is 10.3. The molecule has 0 fully saturated rings. The summed E-state index contributed by atoms with van der Waals surface area (Å²) >= 11 is 0. The Balaban J connectivity index is 2.10. The standard InChI is InChI=1S/C13H12FN3O3/c1-8-15-6-11(13(19)20)17(8)7-12(18)16-10-4-2-9(14)3-5-10/h2-6H,7H2,1H3,(H,16,18)(H,19,20). The van der Waals surface area contributed by atoms with Gasteiger partial charge in [0, 0.05) is 5.69 Å². The summed E-state index contributed by atoms with van der Waals surface area (Å²) < 4.78 is 14.0. The quantitative estimate of drug-likeness (QED) is 0.890. The molecule has 1 aromatic carbocycles. The van der Waals surface area contributed by atoms with Crippen LogP contribution in [0.1, 0.15) is 16.3 Å². The van der Waals surface area contributed by atoms with Crippen molar-refractivity contribution in [3.8, 4) is 0 Å². The molecular formula is C13H12FN3O3. The number of carboxylic acids is 1. The summed E-state index contributed by atoms with van der Waals surface area (Å²) in [6.07, 6.45) is 1.20. The second-order valence-electron chi connectivity index (χ2n) is 4.14. The minimum atomic E-state index is -1.15. The Labute approximate surface area is 113 Å². The molecule has 0 bridgehead atoms. The fourth-order valence-corrected chi connectivity index (χ4v) is 1.72. The first-order valence-electron chi connectivity index (χ1n) is 5.78. The number of aromatic nitrogens is 2. The van der Waals surface area contributed by atoms with E-state index in [1.165, 1.54) is 35.0 Å². The highest BCUT2D eigenvalue weighted by atomic mass is 19.1. The summed E-state index contributed by atoms with van der Waals surface area (Å²) in [6, 6.07) is 5.29. The van der Waals surface area contributed by atoms with E-state index in [0.717, 1.165) is 0 Å². The maximum absolute atomic E-state index is 12.7. The van der Waals surface area contributed by atoms with Gasteiger partial charge in [-0.15, -0.1) is 0 Å². The van der Waals surface area contributed by atoms with Crippen LogP contribution in [0.3, 0.4) is 0 Å². The number of halogens is 1. The van der Waals surface area contributed by atoms with E-state index >= 15 is 0 Å². The van der Waals surface area contributed by atoms with Gasteiger partial charge in [0.1, 0.15) is 23.9 Å². The van der Waals surface area contributed by atoms with Gasteiger partial charge in [-0.2, -0.15) is 0 Å². The van der Waals surface area contributed by atoms with Crippen LogP contribution in [0.2, 0.25) is 0 Å². The third kappa shape index (κ3) is 3.00. The van der Waals surface area contributed by atoms with Gasteiger partial charge in [-0.05, 0) is 31.2 Å². The predicted octanol–water partition coefficient (Wildman–Crippen LogP) is 1.67. The van der Waals surface area contributed by atoms with Crippen molar-refractivity contribution in [1.29, 1.82) is 0 Å². The highest BCUT2D eigenvalue weighted by molar-refractivity contribution is 5.92. The van der Waals surface area contributed by atoms with E-state index in [1.54, 1.807) is 6.92 Å². The number of nitrogens with zero attached hydrogens (tertiary/aromatic N) is 2. The number of benzene rings is 1. The number of hydrogen-bond acceptors (Lipinski definition) is 3. The summed E-state index contributed by atoms with van der Waals surface area (Å²) in [6.45, 7) is 1.43. The van der Waals surface area contributed by atoms with E-state index in [4.69, 9.17) is 5.11 Å². The van der Waals surface area contributed by atoms with Crippen LogP contribution >= 0.6 is 0 Å². The molecule has 0 saturated carbocycles. The smallest absolute Gasteiger partial charge is 0.354 e. The van der Waals surface area contributed by atoms with Crippen LogP contribution in [0, 0.1) is 12.7 Å². The van der Waals surface area contributed by atoms with Crippen LogP contribution in [0.4, 0.5) is 10.1 Å². The zero-order valence-electron chi connectivity index (χ0n) is 10.6. The van der Waals surface area contributed by atoms with Gasteiger partial charge in [-0.25, -0.2) is 14.2 Å². The first-order valence-corrected chi connectivity index (χ1v) is 5.78. The van der Waals surface area contributed by atoms with Gasteiger partial charge in [0.2, 0.25) is 5.91 Å². The van der Waals surface area contributed by atoms with Gasteiger partial charge in [0.05, 0.1) is 6.20 Å². The molecule has 2 N–H and O–H groups in total. The van der Waals surface area contributed by atoms with Gasteiger partial charge in [0.15, 0.2) is 0 Å². The largest absolute Gasteiger partial charge is 0.477 e. The van der Waals surface area contributed by atoms with Crippen LogP contribution in [0.25, 0.3) is 0 Å². The van der Waals surface area contributed by atoms with Crippen LogP contribution in [0.5, 0.6) is 0 Å². The van der Waals surface area contributed by atoms with Gasteiger partial charge in [0.25, 0.3) is 0 Å². The molecule has 0 saturated heterocycles. The Bertz CT molecular complexity index is 649. The highest BCUT2D eigenvalue weighted by Gasteiger charge is 2.15. The van der Waals surface area contributed by atoms with Crippen molar-refractivity contribution in [2.24, 2.45) is 0 Å². The number of aryl methyl sites for hydroxylation is 1. The molecule has 0 unspecified atom stereocenters. The molecule has 20 heavy (non-hydrogen) atoms. The van der Waals surface area contributed by atoms with E-state index in [2.05, 4.69) is 10.3 Å². The van der Waals surface area contributed by atoms with Gasteiger partial charge >= 0.3 is 5.97 Å². The number of nitrogens with one attached hydrogen (secondary N) is 1. The molecule has 1 amide bonds. The van der Waals surface area contributed by atoms with E-state index in [1.807, 2.05) is 0 Å². The topological polar surface area (TPSA) is 84.2 Å². The summed E-state index contributed by atoms with van der Waals surface area (Å²) in [5.74, 6) is -1.54. The number of carbonyl (C=O) groups excluding carboxylic acids is 1. The van der Waals surface area contributed by atoms with Crippen molar-refractivity contribution in [3.63, 3.8) is 0 Å². The third-order valence-corrected chi connectivity index (χ3v) is 2.70. The number of hydrogen-bond donors (Lipinski definition) is 2. The molecule has 1 aromatic heterocycles. The SMILES string of the molecule is Cc1ncc(C(=O)O)n1CC(=O)Nc1ccc(F)cc1. The lowest BCUT2D eigenvalue weighted by Crippen LogP contribution is -2.22. The van der Waals surface area contributed by atoms with Crippen LogP contribution in [-0.2, 0) is 11.3 Å². The maximum Gasteiger partial charge on any atom is 0.354 e. The average molecular weight is 277 g/mol. The van der Waals surface area contributed by atoms with Crippen LogP contribution in [0.15, 0.2) is 30.5 Å². The molecular weight excluding hydrogens is 265 g/mol. The minimum Gasteiger partial charge on any atom is -0.477 e. The lowest BCUT2D eigenvalue weighted by atomic mass is 10.3. The second-order valence-corrected chi connectivity index (χ2v) is 4.14. The number of anilines is 1. The molecule has 2 aromatic rings. The summed E-state index contributed by atoms with van der Waals surface area (Å²) in [7, 11) is 0. The highest BCUT2D eigenvalue weighted by Crippen LogP contribution is 2.10. The first-order chi connectivity index (χ1) is 9.47. The number of amides is 1. The zero-order valence-corrected chi connectivity index (χ0v) is 10.6. The zero-order chi connectivity index (χ0) is 14.7. The molecule has 6 nitrogen and oxygen atoms in total. The summed E-state index contributed by atoms with van der Waals surface area (Å²) in [5, 5.41) is 11.5. The molecule has 1 heterocycles. The monoisotopic (exact) mass is 277 g/mol. The molecule has 0 radical (unpaired) electrons. The number of rotatable bonds is 4. The van der Waals surface area contributed by atoms with Gasteiger partial charge in [-0.1, -0.05) is 0 Å². The van der Waals surface area contributed by atoms with Crippen molar-refractivity contribution in [2.45, 2.75) is 13.5 Å². The number of carbonyl (C=O) groups is 2. The Hall–Kier alpha value is -2.70. The lowest BCUT2D eigenvalue weighted by Gasteiger charge is -2.09. The van der Waals surface area contributed by atoms with E-state index in [0.29, 0.717) is 11.5 Å². The van der Waals surface area contributed by atoms with Crippen molar-refractivity contribution in [2.75, 3.05) is 5.32 Å². The Morgan fingerprint density at radius 2 is 2.00 bits per heavy atom. The molecule has 2 rings (SSSR count). The Morgan fingerprint density at radius 3 is 2.60 bits per heavy atom. The van der Waals surface area contributed by atoms with E-state index < -0.39 is 17.7 Å². The van der Waals surface area contributed by atoms with E-state index in [9.17, 15) is 14.0 Å². The number of imidazole rings is 1. The van der Waals surface area contributed by atoms with Gasteiger partial charge < -0.3 is 15.0 Å². The lowest BCUT2D eigenvalue weighted by molar-refractivity contribution is -0.116. The van der Waals surface area contributed by atoms with E-state index in [-0.39, 0.29) is 12.2 Å². The Kier molecular flexibility index (Phi) is 3.79. The van der Waals surface area contributed by atoms with Crippen LogP contribution in [-0.4, -0.2) is 26.5 Å². The van der Waals surface area contributed by atoms with Gasteiger partial charge in [-0.3, -0.25) is 4.79 Å².